The summed E-state index contributed by atoms with van der Waals surface area (Å²) in [5, 5.41) is 8.85. The van der Waals surface area contributed by atoms with Crippen LogP contribution in [-0.4, -0.2) is 28.0 Å². The van der Waals surface area contributed by atoms with Gasteiger partial charge in [0, 0.05) is 5.56 Å². The standard InChI is InChI=1S/C20H19FN4O3/c1-12-7-3-4-8-14(12)19-24-18(28-25-19)11-17(26)22-13(2)20(27)23-16-10-6-5-9-15(16)21/h3-10,13H,11H2,1-2H3,(H,22,26)(H,23,27). The van der Waals surface area contributed by atoms with Crippen LogP contribution in [0.15, 0.2) is 53.1 Å². The molecule has 7 nitrogen and oxygen atoms in total. The summed E-state index contributed by atoms with van der Waals surface area (Å²) >= 11 is 0. The number of hydrogen-bond acceptors (Lipinski definition) is 5. The number of anilines is 1. The minimum Gasteiger partial charge on any atom is -0.344 e. The lowest BCUT2D eigenvalue weighted by Crippen LogP contribution is -2.42. The summed E-state index contributed by atoms with van der Waals surface area (Å²) in [6.07, 6.45) is -0.170. The van der Waals surface area contributed by atoms with E-state index in [-0.39, 0.29) is 18.0 Å². The Morgan fingerprint density at radius 3 is 2.61 bits per heavy atom. The summed E-state index contributed by atoms with van der Waals surface area (Å²) in [7, 11) is 0. The third-order valence-electron chi connectivity index (χ3n) is 4.07. The van der Waals surface area contributed by atoms with Gasteiger partial charge in [0.15, 0.2) is 0 Å². The van der Waals surface area contributed by atoms with Crippen LogP contribution in [0.3, 0.4) is 0 Å². The van der Waals surface area contributed by atoms with E-state index in [1.54, 1.807) is 6.07 Å². The second kappa shape index (κ2) is 8.43. The van der Waals surface area contributed by atoms with Crippen LogP contribution in [-0.2, 0) is 16.0 Å². The van der Waals surface area contributed by atoms with Crippen LogP contribution in [0.4, 0.5) is 10.1 Å². The fourth-order valence-corrected chi connectivity index (χ4v) is 2.56. The predicted molar refractivity (Wildman–Crippen MR) is 101 cm³/mol. The highest BCUT2D eigenvalue weighted by atomic mass is 19.1. The van der Waals surface area contributed by atoms with Gasteiger partial charge >= 0.3 is 0 Å². The number of hydrogen-bond donors (Lipinski definition) is 2. The molecule has 3 aromatic rings. The normalized spacial score (nSPS) is 11.7. The zero-order valence-electron chi connectivity index (χ0n) is 15.4. The van der Waals surface area contributed by atoms with Gasteiger partial charge < -0.3 is 15.2 Å². The number of benzene rings is 2. The van der Waals surface area contributed by atoms with E-state index in [9.17, 15) is 14.0 Å². The maximum Gasteiger partial charge on any atom is 0.246 e. The van der Waals surface area contributed by atoms with Crippen LogP contribution in [0, 0.1) is 12.7 Å². The molecule has 1 unspecified atom stereocenters. The number of amides is 2. The van der Waals surface area contributed by atoms with Gasteiger partial charge in [0.1, 0.15) is 18.3 Å². The lowest BCUT2D eigenvalue weighted by atomic mass is 10.1. The number of nitrogens with one attached hydrogen (secondary N) is 2. The Bertz CT molecular complexity index is 1000. The van der Waals surface area contributed by atoms with Crippen molar-refractivity contribution in [3.05, 3.63) is 65.8 Å². The second-order valence-corrected chi connectivity index (χ2v) is 6.26. The Kier molecular flexibility index (Phi) is 5.78. The molecule has 2 aromatic carbocycles. The van der Waals surface area contributed by atoms with Crippen molar-refractivity contribution in [3.8, 4) is 11.4 Å². The second-order valence-electron chi connectivity index (χ2n) is 6.26. The molecule has 0 spiro atoms. The molecule has 28 heavy (non-hydrogen) atoms. The topological polar surface area (TPSA) is 97.1 Å². The fraction of sp³-hybridized carbons (Fsp3) is 0.200. The number of halogens is 1. The molecule has 0 aliphatic rings. The molecule has 0 radical (unpaired) electrons. The monoisotopic (exact) mass is 382 g/mol. The van der Waals surface area contributed by atoms with Crippen molar-refractivity contribution in [1.29, 1.82) is 0 Å². The average Bonchev–Trinajstić information content (AvgIpc) is 3.11. The van der Waals surface area contributed by atoms with E-state index < -0.39 is 23.7 Å². The molecule has 1 aromatic heterocycles. The summed E-state index contributed by atoms with van der Waals surface area (Å²) in [5.74, 6) is -1.02. The SMILES string of the molecule is Cc1ccccc1-c1noc(CC(=O)NC(C)C(=O)Nc2ccccc2F)n1. The highest BCUT2D eigenvalue weighted by Gasteiger charge is 2.19. The molecule has 2 N–H and O–H groups in total. The van der Waals surface area contributed by atoms with Crippen molar-refractivity contribution in [2.24, 2.45) is 0 Å². The predicted octanol–water partition coefficient (Wildman–Crippen LogP) is 2.87. The average molecular weight is 382 g/mol. The minimum atomic E-state index is -0.870. The zero-order valence-corrected chi connectivity index (χ0v) is 15.4. The number of carbonyl (C=O) groups excluding carboxylic acids is 2. The molecule has 0 fully saturated rings. The summed E-state index contributed by atoms with van der Waals surface area (Å²) in [4.78, 5) is 28.5. The fourth-order valence-electron chi connectivity index (χ4n) is 2.56. The van der Waals surface area contributed by atoms with Crippen LogP contribution < -0.4 is 10.6 Å². The van der Waals surface area contributed by atoms with E-state index >= 15 is 0 Å². The first-order chi connectivity index (χ1) is 13.4. The Hall–Kier alpha value is -3.55. The summed E-state index contributed by atoms with van der Waals surface area (Å²) in [5.41, 5.74) is 1.85. The first-order valence-corrected chi connectivity index (χ1v) is 8.67. The lowest BCUT2D eigenvalue weighted by molar-refractivity contribution is -0.126. The van der Waals surface area contributed by atoms with Crippen molar-refractivity contribution in [2.45, 2.75) is 26.3 Å². The molecular weight excluding hydrogens is 363 g/mol. The van der Waals surface area contributed by atoms with Gasteiger partial charge in [-0.2, -0.15) is 4.98 Å². The maximum absolute atomic E-state index is 13.6. The van der Waals surface area contributed by atoms with Crippen molar-refractivity contribution < 1.29 is 18.5 Å². The molecule has 0 saturated carbocycles. The van der Waals surface area contributed by atoms with Gasteiger partial charge in [-0.3, -0.25) is 9.59 Å². The minimum absolute atomic E-state index is 0.0494. The highest BCUT2D eigenvalue weighted by molar-refractivity contribution is 5.97. The van der Waals surface area contributed by atoms with Gasteiger partial charge in [0.2, 0.25) is 23.5 Å². The molecule has 0 saturated heterocycles. The molecule has 0 aliphatic carbocycles. The van der Waals surface area contributed by atoms with E-state index in [1.165, 1.54) is 25.1 Å². The Morgan fingerprint density at radius 2 is 1.86 bits per heavy atom. The van der Waals surface area contributed by atoms with E-state index in [0.717, 1.165) is 11.1 Å². The van der Waals surface area contributed by atoms with E-state index in [4.69, 9.17) is 4.52 Å². The van der Waals surface area contributed by atoms with Gasteiger partial charge in [-0.1, -0.05) is 41.6 Å². The van der Waals surface area contributed by atoms with Crippen molar-refractivity contribution in [3.63, 3.8) is 0 Å². The molecule has 1 atom stereocenters. The number of para-hydroxylation sites is 1. The van der Waals surface area contributed by atoms with Gasteiger partial charge in [-0.25, -0.2) is 4.39 Å². The van der Waals surface area contributed by atoms with Gasteiger partial charge in [0.25, 0.3) is 0 Å². The van der Waals surface area contributed by atoms with Gasteiger partial charge in [-0.15, -0.1) is 0 Å². The molecule has 0 bridgehead atoms. The van der Waals surface area contributed by atoms with Gasteiger partial charge in [0.05, 0.1) is 5.69 Å². The lowest BCUT2D eigenvalue weighted by Gasteiger charge is -2.13. The summed E-state index contributed by atoms with van der Waals surface area (Å²) in [6.45, 7) is 3.43. The molecule has 144 valence electrons. The number of aryl methyl sites for hydroxylation is 1. The molecule has 0 aliphatic heterocycles. The van der Waals surface area contributed by atoms with Crippen LogP contribution in [0.2, 0.25) is 0 Å². The van der Waals surface area contributed by atoms with Crippen molar-refractivity contribution in [2.75, 3.05) is 5.32 Å². The first-order valence-electron chi connectivity index (χ1n) is 8.67. The van der Waals surface area contributed by atoms with E-state index in [2.05, 4.69) is 20.8 Å². The zero-order chi connectivity index (χ0) is 20.1. The number of aromatic nitrogens is 2. The molecule has 3 rings (SSSR count). The van der Waals surface area contributed by atoms with Crippen LogP contribution in [0.5, 0.6) is 0 Å². The van der Waals surface area contributed by atoms with Crippen LogP contribution >= 0.6 is 0 Å². The van der Waals surface area contributed by atoms with Gasteiger partial charge in [-0.05, 0) is 31.5 Å². The number of nitrogens with zero attached hydrogens (tertiary/aromatic N) is 2. The van der Waals surface area contributed by atoms with E-state index in [1.807, 2.05) is 31.2 Å². The highest BCUT2D eigenvalue weighted by Crippen LogP contribution is 2.19. The Labute approximate surface area is 161 Å². The maximum atomic E-state index is 13.6. The number of carbonyl (C=O) groups is 2. The molecule has 2 amide bonds. The quantitative estimate of drug-likeness (QED) is 0.683. The largest absolute Gasteiger partial charge is 0.344 e. The third-order valence-corrected chi connectivity index (χ3v) is 4.07. The Balaban J connectivity index is 1.57. The van der Waals surface area contributed by atoms with E-state index in [0.29, 0.717) is 5.82 Å². The summed E-state index contributed by atoms with van der Waals surface area (Å²) < 4.78 is 18.7. The van der Waals surface area contributed by atoms with Crippen molar-refractivity contribution >= 4 is 17.5 Å². The molecule has 8 heteroatoms. The van der Waals surface area contributed by atoms with Crippen LogP contribution in [0.25, 0.3) is 11.4 Å². The van der Waals surface area contributed by atoms with Crippen LogP contribution in [0.1, 0.15) is 18.4 Å². The molecular formula is C20H19FN4O3. The number of rotatable bonds is 6. The molecule has 1 heterocycles. The summed E-state index contributed by atoms with van der Waals surface area (Å²) in [6, 6.07) is 12.5. The van der Waals surface area contributed by atoms with Crippen molar-refractivity contribution in [1.82, 2.24) is 15.5 Å². The smallest absolute Gasteiger partial charge is 0.246 e. The third kappa shape index (κ3) is 4.59. The Morgan fingerprint density at radius 1 is 1.14 bits per heavy atom. The first kappa shape index (κ1) is 19.2.